The molecule has 0 radical (unpaired) electrons. The number of ether oxygens (including phenoxy) is 1. The zero-order valence-electron chi connectivity index (χ0n) is 10.2. The van der Waals surface area contributed by atoms with Gasteiger partial charge in [-0.1, -0.05) is 0 Å². The van der Waals surface area contributed by atoms with E-state index >= 15 is 0 Å². The van der Waals surface area contributed by atoms with Gasteiger partial charge in [0.2, 0.25) is 5.95 Å². The lowest BCUT2D eigenvalue weighted by Gasteiger charge is -2.16. The number of fused-ring (bicyclic) bond motifs is 1. The number of anilines is 1. The molecule has 4 atom stereocenters. The minimum Gasteiger partial charge on any atom is -0.394 e. The van der Waals surface area contributed by atoms with Gasteiger partial charge in [-0.25, -0.2) is 4.98 Å². The van der Waals surface area contributed by atoms with Gasteiger partial charge < -0.3 is 25.8 Å². The number of hydrogen-bond donors (Lipinski definition) is 5. The molecule has 108 valence electrons. The molecule has 1 fully saturated rings. The van der Waals surface area contributed by atoms with Crippen LogP contribution in [0, 0.1) is 0 Å². The van der Waals surface area contributed by atoms with Gasteiger partial charge in [-0.3, -0.25) is 14.3 Å². The Kier molecular flexibility index (Phi) is 2.94. The number of nitrogens with one attached hydrogen (secondary N) is 1. The molecule has 3 heterocycles. The second-order valence-corrected chi connectivity index (χ2v) is 4.50. The molecule has 2 aromatic rings. The molecule has 20 heavy (non-hydrogen) atoms. The highest BCUT2D eigenvalue weighted by atomic mass is 16.6. The van der Waals surface area contributed by atoms with Crippen molar-refractivity contribution in [3.05, 3.63) is 16.7 Å². The smallest absolute Gasteiger partial charge is 0.278 e. The van der Waals surface area contributed by atoms with Crippen LogP contribution in [0.2, 0.25) is 0 Å². The second-order valence-electron chi connectivity index (χ2n) is 4.50. The van der Waals surface area contributed by atoms with Crippen LogP contribution in [0.15, 0.2) is 11.1 Å². The van der Waals surface area contributed by atoms with Crippen LogP contribution < -0.4 is 11.3 Å². The van der Waals surface area contributed by atoms with Crippen molar-refractivity contribution >= 4 is 17.1 Å². The first-order chi connectivity index (χ1) is 9.52. The van der Waals surface area contributed by atoms with Gasteiger partial charge >= 0.3 is 0 Å². The summed E-state index contributed by atoms with van der Waals surface area (Å²) in [5.41, 5.74) is 5.04. The molecular weight excluding hydrogens is 270 g/mol. The highest BCUT2D eigenvalue weighted by Gasteiger charge is 2.44. The quantitative estimate of drug-likeness (QED) is 0.398. The van der Waals surface area contributed by atoms with E-state index in [1.54, 1.807) is 0 Å². The standard InChI is InChI=1S/C10H13N5O5/c11-10-13-7-4(8(19)14-10)15(2-12-7)9-6(18)5(17)3(1-16)20-9/h2-3,5-6,9,16-18H,1H2,(H3,11,13,14,19)/t3-,5+,6-,9-/m1/s1. The fourth-order valence-electron chi connectivity index (χ4n) is 2.27. The highest BCUT2D eigenvalue weighted by molar-refractivity contribution is 5.70. The molecule has 0 aromatic carbocycles. The number of nitrogen functional groups attached to an aromatic ring is 1. The molecule has 1 aliphatic heterocycles. The Balaban J connectivity index is 2.10. The van der Waals surface area contributed by atoms with Gasteiger partial charge in [-0.15, -0.1) is 0 Å². The summed E-state index contributed by atoms with van der Waals surface area (Å²) in [7, 11) is 0. The number of nitrogens with zero attached hydrogens (tertiary/aromatic N) is 3. The van der Waals surface area contributed by atoms with Gasteiger partial charge in [-0.05, 0) is 0 Å². The summed E-state index contributed by atoms with van der Waals surface area (Å²) in [5.74, 6) is -0.0751. The summed E-state index contributed by atoms with van der Waals surface area (Å²) in [4.78, 5) is 22.0. The first-order valence-electron chi connectivity index (χ1n) is 5.87. The minimum absolute atomic E-state index is 0.0639. The minimum atomic E-state index is -1.30. The summed E-state index contributed by atoms with van der Waals surface area (Å²) < 4.78 is 6.59. The summed E-state index contributed by atoms with van der Waals surface area (Å²) in [6.07, 6.45) is -3.29. The van der Waals surface area contributed by atoms with Crippen molar-refractivity contribution in [2.45, 2.75) is 24.5 Å². The summed E-state index contributed by atoms with van der Waals surface area (Å²) in [6.45, 7) is -0.455. The van der Waals surface area contributed by atoms with Gasteiger partial charge in [0.25, 0.3) is 5.56 Å². The number of aromatic amines is 1. The lowest BCUT2D eigenvalue weighted by molar-refractivity contribution is -0.0509. The normalized spacial score (nSPS) is 30.1. The molecule has 10 heteroatoms. The van der Waals surface area contributed by atoms with E-state index in [1.165, 1.54) is 10.9 Å². The predicted octanol–water partition coefficient (Wildman–Crippen LogP) is -2.69. The molecule has 0 unspecified atom stereocenters. The Bertz CT molecular complexity index is 697. The Hall–Kier alpha value is -2.01. The van der Waals surface area contributed by atoms with E-state index < -0.39 is 36.7 Å². The summed E-state index contributed by atoms with van der Waals surface area (Å²) >= 11 is 0. The molecule has 3 rings (SSSR count). The number of aromatic nitrogens is 4. The van der Waals surface area contributed by atoms with E-state index in [2.05, 4.69) is 15.0 Å². The first kappa shape index (κ1) is 13.0. The van der Waals surface area contributed by atoms with Crippen LogP contribution >= 0.6 is 0 Å². The van der Waals surface area contributed by atoms with E-state index in [4.69, 9.17) is 15.6 Å². The fourth-order valence-corrected chi connectivity index (χ4v) is 2.27. The number of aliphatic hydroxyl groups is 3. The van der Waals surface area contributed by atoms with Crippen molar-refractivity contribution in [2.75, 3.05) is 12.3 Å². The third kappa shape index (κ3) is 1.78. The lowest BCUT2D eigenvalue weighted by Crippen LogP contribution is -2.33. The SMILES string of the molecule is Nc1nc2ncn([C@@H]3O[C@H](CO)[C@H](O)[C@H]3O)c2c(=O)[nH]1. The van der Waals surface area contributed by atoms with Crippen molar-refractivity contribution in [3.63, 3.8) is 0 Å². The van der Waals surface area contributed by atoms with Crippen molar-refractivity contribution < 1.29 is 20.1 Å². The molecule has 6 N–H and O–H groups in total. The van der Waals surface area contributed by atoms with Crippen LogP contribution in [0.25, 0.3) is 11.2 Å². The van der Waals surface area contributed by atoms with Crippen LogP contribution in [0.1, 0.15) is 6.23 Å². The topological polar surface area (TPSA) is 160 Å². The first-order valence-corrected chi connectivity index (χ1v) is 5.87. The molecule has 0 spiro atoms. The number of H-pyrrole nitrogens is 1. The Morgan fingerprint density at radius 3 is 2.85 bits per heavy atom. The monoisotopic (exact) mass is 283 g/mol. The Labute approximate surface area is 111 Å². The third-order valence-corrected chi connectivity index (χ3v) is 3.25. The van der Waals surface area contributed by atoms with Crippen molar-refractivity contribution in [3.8, 4) is 0 Å². The average Bonchev–Trinajstić information content (AvgIpc) is 2.93. The number of nitrogens with two attached hydrogens (primary N) is 1. The average molecular weight is 283 g/mol. The van der Waals surface area contributed by atoms with E-state index in [0.29, 0.717) is 0 Å². The largest absolute Gasteiger partial charge is 0.394 e. The van der Waals surface area contributed by atoms with Gasteiger partial charge in [0.05, 0.1) is 6.61 Å². The van der Waals surface area contributed by atoms with Crippen LogP contribution in [-0.2, 0) is 4.74 Å². The van der Waals surface area contributed by atoms with E-state index in [-0.39, 0.29) is 17.1 Å². The molecule has 0 aliphatic carbocycles. The molecule has 10 nitrogen and oxygen atoms in total. The third-order valence-electron chi connectivity index (χ3n) is 3.25. The Morgan fingerprint density at radius 2 is 2.20 bits per heavy atom. The molecule has 0 saturated carbocycles. The van der Waals surface area contributed by atoms with Crippen LogP contribution in [0.3, 0.4) is 0 Å². The number of aliphatic hydroxyl groups excluding tert-OH is 3. The van der Waals surface area contributed by atoms with Crippen molar-refractivity contribution in [1.29, 1.82) is 0 Å². The predicted molar refractivity (Wildman–Crippen MR) is 65.6 cm³/mol. The summed E-state index contributed by atoms with van der Waals surface area (Å²) in [6, 6.07) is 0. The highest BCUT2D eigenvalue weighted by Crippen LogP contribution is 2.30. The molecule has 1 aliphatic rings. The van der Waals surface area contributed by atoms with E-state index in [0.717, 1.165) is 0 Å². The second kappa shape index (κ2) is 4.52. The van der Waals surface area contributed by atoms with Gasteiger partial charge in [0.15, 0.2) is 17.4 Å². The summed E-state index contributed by atoms with van der Waals surface area (Å²) in [5, 5.41) is 28.7. The number of hydrogen-bond acceptors (Lipinski definition) is 8. The van der Waals surface area contributed by atoms with E-state index in [1.807, 2.05) is 0 Å². The fraction of sp³-hybridized carbons (Fsp3) is 0.500. The van der Waals surface area contributed by atoms with Crippen LogP contribution in [0.4, 0.5) is 5.95 Å². The van der Waals surface area contributed by atoms with E-state index in [9.17, 15) is 15.0 Å². The molecule has 1 saturated heterocycles. The van der Waals surface area contributed by atoms with Gasteiger partial charge in [0.1, 0.15) is 24.6 Å². The van der Waals surface area contributed by atoms with Crippen molar-refractivity contribution in [1.82, 2.24) is 19.5 Å². The van der Waals surface area contributed by atoms with Gasteiger partial charge in [0, 0.05) is 0 Å². The maximum absolute atomic E-state index is 11.9. The molecule has 2 aromatic heterocycles. The maximum Gasteiger partial charge on any atom is 0.278 e. The zero-order chi connectivity index (χ0) is 14.4. The zero-order valence-corrected chi connectivity index (χ0v) is 10.2. The number of imidazole rings is 1. The van der Waals surface area contributed by atoms with Crippen LogP contribution in [-0.4, -0.2) is 59.8 Å². The molecular formula is C10H13N5O5. The lowest BCUT2D eigenvalue weighted by atomic mass is 10.1. The molecule has 0 amide bonds. The van der Waals surface area contributed by atoms with Gasteiger partial charge in [-0.2, -0.15) is 4.98 Å². The van der Waals surface area contributed by atoms with Crippen LogP contribution in [0.5, 0.6) is 0 Å². The molecule has 0 bridgehead atoms. The van der Waals surface area contributed by atoms with Crippen molar-refractivity contribution in [2.24, 2.45) is 0 Å². The Morgan fingerprint density at radius 1 is 1.45 bits per heavy atom. The number of rotatable bonds is 2. The maximum atomic E-state index is 11.9.